The molecule has 3 rings (SSSR count). The molecular weight excluding hydrogens is 340 g/mol. The smallest absolute Gasteiger partial charge is 0.280 e. The lowest BCUT2D eigenvalue weighted by atomic mass is 10.1. The Labute approximate surface area is 150 Å². The van der Waals surface area contributed by atoms with Crippen molar-refractivity contribution < 1.29 is 8.78 Å². The summed E-state index contributed by atoms with van der Waals surface area (Å²) in [6.45, 7) is 7.57. The average molecular weight is 361 g/mol. The third kappa shape index (κ3) is 3.87. The van der Waals surface area contributed by atoms with E-state index in [0.717, 1.165) is 16.8 Å². The van der Waals surface area contributed by atoms with E-state index in [0.29, 0.717) is 25.3 Å². The highest BCUT2D eigenvalue weighted by Crippen LogP contribution is 2.26. The van der Waals surface area contributed by atoms with Gasteiger partial charge < -0.3 is 5.32 Å². The summed E-state index contributed by atoms with van der Waals surface area (Å²) in [7, 11) is 0. The second kappa shape index (κ2) is 7.59. The molecule has 0 aliphatic rings. The topological polar surface area (TPSA) is 73.5 Å². The fourth-order valence-corrected chi connectivity index (χ4v) is 2.68. The summed E-state index contributed by atoms with van der Waals surface area (Å²) in [6, 6.07) is 1.32. The molecule has 3 aromatic rings. The van der Waals surface area contributed by atoms with Gasteiger partial charge in [0, 0.05) is 30.5 Å². The van der Waals surface area contributed by atoms with Crippen molar-refractivity contribution in [3.05, 3.63) is 41.6 Å². The maximum absolute atomic E-state index is 13.3. The monoisotopic (exact) mass is 361 g/mol. The summed E-state index contributed by atoms with van der Waals surface area (Å²) in [5.41, 5.74) is 2.79. The molecule has 0 spiro atoms. The fourth-order valence-electron chi connectivity index (χ4n) is 2.68. The van der Waals surface area contributed by atoms with Gasteiger partial charge in [0.15, 0.2) is 0 Å². The molecule has 9 heteroatoms. The number of nitrogens with one attached hydrogen (secondary N) is 1. The van der Waals surface area contributed by atoms with Gasteiger partial charge in [0.25, 0.3) is 6.43 Å². The zero-order valence-electron chi connectivity index (χ0n) is 14.9. The number of anilines is 1. The molecule has 1 N–H and O–H groups in total. The zero-order chi connectivity index (χ0) is 18.7. The molecule has 3 aromatic heterocycles. The molecule has 0 aromatic carbocycles. The number of nitrogens with zero attached hydrogens (tertiary/aromatic N) is 6. The Morgan fingerprint density at radius 3 is 2.58 bits per heavy atom. The highest BCUT2D eigenvalue weighted by Gasteiger charge is 2.16. The molecule has 0 bridgehead atoms. The minimum absolute atomic E-state index is 0.172. The van der Waals surface area contributed by atoms with Crippen molar-refractivity contribution >= 4 is 5.95 Å². The third-order valence-electron chi connectivity index (χ3n) is 4.03. The minimum atomic E-state index is -2.67. The summed E-state index contributed by atoms with van der Waals surface area (Å²) in [5.74, 6) is 0.172. The molecule has 0 aliphatic heterocycles. The van der Waals surface area contributed by atoms with Crippen LogP contribution >= 0.6 is 0 Å². The molecule has 7 nitrogen and oxygen atoms in total. The van der Waals surface area contributed by atoms with E-state index in [-0.39, 0.29) is 11.6 Å². The number of rotatable bonds is 7. The van der Waals surface area contributed by atoms with Crippen LogP contribution in [0.2, 0.25) is 0 Å². The van der Waals surface area contributed by atoms with Crippen molar-refractivity contribution in [1.29, 1.82) is 0 Å². The number of alkyl halides is 2. The molecule has 0 aliphatic carbocycles. The Hall–Kier alpha value is -2.84. The summed E-state index contributed by atoms with van der Waals surface area (Å²) >= 11 is 0. The number of aromatic nitrogens is 6. The van der Waals surface area contributed by atoms with Gasteiger partial charge in [-0.15, -0.1) is 0 Å². The van der Waals surface area contributed by atoms with Crippen LogP contribution in [0.3, 0.4) is 0 Å². The second-order valence-corrected chi connectivity index (χ2v) is 5.97. The van der Waals surface area contributed by atoms with Crippen molar-refractivity contribution in [3.63, 3.8) is 0 Å². The molecular formula is C17H21F2N7. The van der Waals surface area contributed by atoms with E-state index in [1.807, 2.05) is 27.0 Å². The number of aryl methyl sites for hydroxylation is 2. The number of hydrogen-bond acceptors (Lipinski definition) is 5. The van der Waals surface area contributed by atoms with Gasteiger partial charge in [0.1, 0.15) is 5.69 Å². The average Bonchev–Trinajstić information content (AvgIpc) is 3.20. The van der Waals surface area contributed by atoms with Crippen molar-refractivity contribution in [3.8, 4) is 11.3 Å². The van der Waals surface area contributed by atoms with E-state index in [4.69, 9.17) is 0 Å². The first-order chi connectivity index (χ1) is 12.5. The Bertz CT molecular complexity index is 885. The molecule has 0 atom stereocenters. The van der Waals surface area contributed by atoms with Crippen LogP contribution in [0, 0.1) is 13.8 Å². The van der Waals surface area contributed by atoms with E-state index in [2.05, 4.69) is 25.5 Å². The third-order valence-corrected chi connectivity index (χ3v) is 4.03. The summed E-state index contributed by atoms with van der Waals surface area (Å²) in [6.07, 6.45) is 2.64. The van der Waals surface area contributed by atoms with Gasteiger partial charge in [-0.3, -0.25) is 9.36 Å². The second-order valence-electron chi connectivity index (χ2n) is 5.97. The molecule has 3 heterocycles. The Balaban J connectivity index is 1.82. The molecule has 26 heavy (non-hydrogen) atoms. The Kier molecular flexibility index (Phi) is 5.24. The fraction of sp³-hybridized carbons (Fsp3) is 0.412. The van der Waals surface area contributed by atoms with Crippen molar-refractivity contribution in [1.82, 2.24) is 29.5 Å². The summed E-state index contributed by atoms with van der Waals surface area (Å²) in [4.78, 5) is 8.31. The normalized spacial score (nSPS) is 11.3. The van der Waals surface area contributed by atoms with E-state index >= 15 is 0 Å². The maximum atomic E-state index is 13.3. The van der Waals surface area contributed by atoms with Gasteiger partial charge in [0.05, 0.1) is 24.6 Å². The molecule has 0 saturated heterocycles. The molecule has 0 fully saturated rings. The van der Waals surface area contributed by atoms with E-state index in [1.54, 1.807) is 21.8 Å². The van der Waals surface area contributed by atoms with Gasteiger partial charge in [-0.2, -0.15) is 10.2 Å². The molecule has 0 unspecified atom stereocenters. The maximum Gasteiger partial charge on any atom is 0.280 e. The summed E-state index contributed by atoms with van der Waals surface area (Å²) < 4.78 is 30.1. The molecule has 0 radical (unpaired) electrons. The van der Waals surface area contributed by atoms with Crippen LogP contribution in [0.25, 0.3) is 11.3 Å². The Morgan fingerprint density at radius 2 is 1.96 bits per heavy atom. The van der Waals surface area contributed by atoms with Crippen LogP contribution in [0.4, 0.5) is 14.7 Å². The van der Waals surface area contributed by atoms with Gasteiger partial charge >= 0.3 is 0 Å². The Morgan fingerprint density at radius 1 is 1.15 bits per heavy atom. The highest BCUT2D eigenvalue weighted by atomic mass is 19.3. The molecule has 138 valence electrons. The van der Waals surface area contributed by atoms with Crippen molar-refractivity contribution in [2.24, 2.45) is 0 Å². The standard InChI is InChI=1S/C17H21F2N7/c1-4-26-12(3)13(9-22-26)14-7-15(16(18)19)24-17(23-14)20-5-6-25-10-11(2)8-21-25/h7-10,16H,4-6H2,1-3H3,(H,20,23,24). The predicted octanol–water partition coefficient (Wildman–Crippen LogP) is 3.22. The van der Waals surface area contributed by atoms with Gasteiger partial charge in [-0.05, 0) is 32.4 Å². The SMILES string of the molecule is CCn1ncc(-c2cc(C(F)F)nc(NCCn3cc(C)cn3)n2)c1C. The highest BCUT2D eigenvalue weighted by molar-refractivity contribution is 5.62. The number of halogens is 2. The first-order valence-corrected chi connectivity index (χ1v) is 8.40. The molecule has 0 saturated carbocycles. The van der Waals surface area contributed by atoms with Crippen LogP contribution in [-0.4, -0.2) is 36.1 Å². The van der Waals surface area contributed by atoms with Gasteiger partial charge in [0.2, 0.25) is 5.95 Å². The quantitative estimate of drug-likeness (QED) is 0.699. The van der Waals surface area contributed by atoms with Crippen LogP contribution < -0.4 is 5.32 Å². The van der Waals surface area contributed by atoms with Gasteiger partial charge in [-0.25, -0.2) is 18.7 Å². The lowest BCUT2D eigenvalue weighted by Crippen LogP contribution is -2.13. The zero-order valence-corrected chi connectivity index (χ0v) is 14.9. The van der Waals surface area contributed by atoms with Gasteiger partial charge in [-0.1, -0.05) is 0 Å². The van der Waals surface area contributed by atoms with Crippen LogP contribution in [0.1, 0.15) is 30.3 Å². The largest absolute Gasteiger partial charge is 0.352 e. The van der Waals surface area contributed by atoms with Crippen LogP contribution in [-0.2, 0) is 13.1 Å². The van der Waals surface area contributed by atoms with E-state index in [1.165, 1.54) is 6.07 Å². The van der Waals surface area contributed by atoms with Crippen LogP contribution in [0.5, 0.6) is 0 Å². The summed E-state index contributed by atoms with van der Waals surface area (Å²) in [5, 5.41) is 11.4. The van der Waals surface area contributed by atoms with Crippen LogP contribution in [0.15, 0.2) is 24.7 Å². The molecule has 0 amide bonds. The minimum Gasteiger partial charge on any atom is -0.352 e. The first-order valence-electron chi connectivity index (χ1n) is 8.40. The lowest BCUT2D eigenvalue weighted by molar-refractivity contribution is 0.146. The van der Waals surface area contributed by atoms with E-state index in [9.17, 15) is 8.78 Å². The van der Waals surface area contributed by atoms with Crippen molar-refractivity contribution in [2.45, 2.75) is 40.3 Å². The van der Waals surface area contributed by atoms with E-state index < -0.39 is 6.43 Å². The van der Waals surface area contributed by atoms with Crippen molar-refractivity contribution in [2.75, 3.05) is 11.9 Å². The lowest BCUT2D eigenvalue weighted by Gasteiger charge is -2.10. The number of hydrogen-bond donors (Lipinski definition) is 1. The first kappa shape index (κ1) is 18.0. The predicted molar refractivity (Wildman–Crippen MR) is 94.1 cm³/mol.